The Hall–Kier alpha value is -0.960. The Bertz CT molecular complexity index is 480. The van der Waals surface area contributed by atoms with Crippen LogP contribution < -0.4 is 0 Å². The number of hydrogen-bond acceptors (Lipinski definition) is 2. The van der Waals surface area contributed by atoms with E-state index in [1.807, 2.05) is 12.1 Å². The fourth-order valence-corrected chi connectivity index (χ4v) is 2.23. The highest BCUT2D eigenvalue weighted by atomic mass is 79.9. The van der Waals surface area contributed by atoms with Crippen LogP contribution in [0.5, 0.6) is 0 Å². The number of aromatic nitrogens is 2. The van der Waals surface area contributed by atoms with Crippen molar-refractivity contribution in [3.63, 3.8) is 0 Å². The first-order valence-electron chi connectivity index (χ1n) is 4.64. The molecule has 0 radical (unpaired) electrons. The number of fused-ring (bicyclic) bond motifs is 1. The summed E-state index contributed by atoms with van der Waals surface area (Å²) < 4.78 is 0.900. The largest absolute Gasteiger partial charge is 0.233 e. The average Bonchev–Trinajstić information content (AvgIpc) is 2.17. The van der Waals surface area contributed by atoms with E-state index in [1.165, 1.54) is 5.56 Å². The fourth-order valence-electron chi connectivity index (χ4n) is 1.51. The maximum Gasteiger partial charge on any atom is 0.130 e. The number of nitrogens with zero attached hydrogens (tertiary/aromatic N) is 2. The third-order valence-corrected chi connectivity index (χ3v) is 2.82. The molecule has 0 amide bonds. The Balaban J connectivity index is 2.83. The highest BCUT2D eigenvalue weighted by Gasteiger charge is 2.05. The second kappa shape index (κ2) is 3.65. The summed E-state index contributed by atoms with van der Waals surface area (Å²) in [5.74, 6) is 0.884. The molecule has 0 saturated heterocycles. The Morgan fingerprint density at radius 2 is 2.07 bits per heavy atom. The predicted octanol–water partition coefficient (Wildman–Crippen LogP) is 3.26. The number of hydrogen-bond donors (Lipinski definition) is 0. The monoisotopic (exact) mass is 250 g/mol. The van der Waals surface area contributed by atoms with Gasteiger partial charge in [0.2, 0.25) is 0 Å². The lowest BCUT2D eigenvalue weighted by atomic mass is 10.1. The first-order chi connectivity index (χ1) is 6.72. The van der Waals surface area contributed by atoms with Gasteiger partial charge in [0.05, 0.1) is 5.52 Å². The standard InChI is InChI=1S/C11H11BrN2/c1-3-9-13-8-6-4-5-7(2)10(8)11(12)14-9/h4-6H,3H2,1-2H3. The molecule has 0 atom stereocenters. The van der Waals surface area contributed by atoms with Gasteiger partial charge in [0.1, 0.15) is 10.4 Å². The quantitative estimate of drug-likeness (QED) is 0.727. The molecule has 0 fully saturated rings. The molecule has 1 aromatic carbocycles. The summed E-state index contributed by atoms with van der Waals surface area (Å²) in [7, 11) is 0. The molecule has 3 heteroatoms. The SMILES string of the molecule is CCc1nc(Br)c2c(C)cccc2n1. The van der Waals surface area contributed by atoms with Gasteiger partial charge >= 0.3 is 0 Å². The molecule has 0 bridgehead atoms. The van der Waals surface area contributed by atoms with E-state index in [1.54, 1.807) is 0 Å². The summed E-state index contributed by atoms with van der Waals surface area (Å²) in [5, 5.41) is 1.12. The lowest BCUT2D eigenvalue weighted by molar-refractivity contribution is 0.950. The number of aryl methyl sites for hydroxylation is 2. The first-order valence-corrected chi connectivity index (χ1v) is 5.43. The van der Waals surface area contributed by atoms with Crippen LogP contribution in [-0.4, -0.2) is 9.97 Å². The van der Waals surface area contributed by atoms with E-state index in [9.17, 15) is 0 Å². The van der Waals surface area contributed by atoms with Crippen molar-refractivity contribution in [3.8, 4) is 0 Å². The van der Waals surface area contributed by atoms with Gasteiger partial charge in [-0.15, -0.1) is 0 Å². The van der Waals surface area contributed by atoms with Gasteiger partial charge in [0.25, 0.3) is 0 Å². The molecule has 0 N–H and O–H groups in total. The zero-order valence-electron chi connectivity index (χ0n) is 8.21. The van der Waals surface area contributed by atoms with Crippen LogP contribution in [-0.2, 0) is 6.42 Å². The molecule has 0 aliphatic rings. The summed E-state index contributed by atoms with van der Waals surface area (Å²) in [6.45, 7) is 4.13. The smallest absolute Gasteiger partial charge is 0.130 e. The maximum absolute atomic E-state index is 4.47. The lowest BCUT2D eigenvalue weighted by Gasteiger charge is -2.04. The molecule has 2 nitrogen and oxygen atoms in total. The van der Waals surface area contributed by atoms with Gasteiger partial charge < -0.3 is 0 Å². The van der Waals surface area contributed by atoms with Crippen molar-refractivity contribution in [1.82, 2.24) is 9.97 Å². The van der Waals surface area contributed by atoms with Gasteiger partial charge in [-0.2, -0.15) is 0 Å². The minimum Gasteiger partial charge on any atom is -0.233 e. The first kappa shape index (κ1) is 9.59. The second-order valence-corrected chi connectivity index (χ2v) is 4.00. The summed E-state index contributed by atoms with van der Waals surface area (Å²) in [4.78, 5) is 8.86. The highest BCUT2D eigenvalue weighted by Crippen LogP contribution is 2.24. The van der Waals surface area contributed by atoms with Gasteiger partial charge in [0, 0.05) is 11.8 Å². The number of benzene rings is 1. The molecular formula is C11H11BrN2. The predicted molar refractivity (Wildman–Crippen MR) is 61.4 cm³/mol. The zero-order chi connectivity index (χ0) is 10.1. The zero-order valence-corrected chi connectivity index (χ0v) is 9.80. The van der Waals surface area contributed by atoms with Crippen molar-refractivity contribution < 1.29 is 0 Å². The molecule has 14 heavy (non-hydrogen) atoms. The van der Waals surface area contributed by atoms with Crippen molar-refractivity contribution in [2.24, 2.45) is 0 Å². The lowest BCUT2D eigenvalue weighted by Crippen LogP contribution is -1.95. The number of rotatable bonds is 1. The summed E-state index contributed by atoms with van der Waals surface area (Å²) in [5.41, 5.74) is 2.22. The van der Waals surface area contributed by atoms with Crippen LogP contribution in [0, 0.1) is 6.92 Å². The Morgan fingerprint density at radius 1 is 1.29 bits per heavy atom. The van der Waals surface area contributed by atoms with Gasteiger partial charge in [-0.25, -0.2) is 9.97 Å². The molecule has 0 spiro atoms. The minimum absolute atomic E-state index is 0.864. The Labute approximate surface area is 91.5 Å². The molecule has 0 unspecified atom stereocenters. The van der Waals surface area contributed by atoms with Crippen LogP contribution in [0.25, 0.3) is 10.9 Å². The summed E-state index contributed by atoms with van der Waals surface area (Å²) in [6.07, 6.45) is 0.864. The van der Waals surface area contributed by atoms with Crippen molar-refractivity contribution in [3.05, 3.63) is 34.2 Å². The molecule has 0 aliphatic heterocycles. The van der Waals surface area contributed by atoms with Crippen molar-refractivity contribution in [2.45, 2.75) is 20.3 Å². The van der Waals surface area contributed by atoms with E-state index in [0.29, 0.717) is 0 Å². The Kier molecular flexibility index (Phi) is 2.50. The molecule has 72 valence electrons. The van der Waals surface area contributed by atoms with Gasteiger partial charge in [-0.3, -0.25) is 0 Å². The molecule has 0 saturated carbocycles. The van der Waals surface area contributed by atoms with Crippen molar-refractivity contribution in [1.29, 1.82) is 0 Å². The Morgan fingerprint density at radius 3 is 2.79 bits per heavy atom. The van der Waals surface area contributed by atoms with Crippen LogP contribution in [0.2, 0.25) is 0 Å². The molecule has 1 heterocycles. The minimum atomic E-state index is 0.864. The van der Waals surface area contributed by atoms with Gasteiger partial charge in [0.15, 0.2) is 0 Å². The van der Waals surface area contributed by atoms with E-state index >= 15 is 0 Å². The number of halogens is 1. The third-order valence-electron chi connectivity index (χ3n) is 2.25. The second-order valence-electron chi connectivity index (χ2n) is 3.25. The normalized spacial score (nSPS) is 10.8. The van der Waals surface area contributed by atoms with Crippen molar-refractivity contribution >= 4 is 26.8 Å². The van der Waals surface area contributed by atoms with Gasteiger partial charge in [-0.05, 0) is 34.5 Å². The van der Waals surface area contributed by atoms with E-state index in [-0.39, 0.29) is 0 Å². The van der Waals surface area contributed by atoms with Crippen LogP contribution in [0.15, 0.2) is 22.8 Å². The van der Waals surface area contributed by atoms with E-state index in [0.717, 1.165) is 27.8 Å². The third kappa shape index (κ3) is 1.52. The molecule has 2 aromatic rings. The highest BCUT2D eigenvalue weighted by molar-refractivity contribution is 9.10. The van der Waals surface area contributed by atoms with Crippen LogP contribution in [0.1, 0.15) is 18.3 Å². The van der Waals surface area contributed by atoms with E-state index in [4.69, 9.17) is 0 Å². The van der Waals surface area contributed by atoms with Gasteiger partial charge in [-0.1, -0.05) is 19.1 Å². The van der Waals surface area contributed by atoms with Crippen molar-refractivity contribution in [2.75, 3.05) is 0 Å². The average molecular weight is 251 g/mol. The maximum atomic E-state index is 4.47. The summed E-state index contributed by atoms with van der Waals surface area (Å²) >= 11 is 3.49. The molecule has 1 aromatic heterocycles. The van der Waals surface area contributed by atoms with E-state index in [2.05, 4.69) is 45.8 Å². The van der Waals surface area contributed by atoms with E-state index < -0.39 is 0 Å². The topological polar surface area (TPSA) is 25.8 Å². The van der Waals surface area contributed by atoms with Crippen LogP contribution in [0.4, 0.5) is 0 Å². The molecular weight excluding hydrogens is 240 g/mol. The van der Waals surface area contributed by atoms with Crippen LogP contribution in [0.3, 0.4) is 0 Å². The fraction of sp³-hybridized carbons (Fsp3) is 0.273. The molecule has 0 aliphatic carbocycles. The van der Waals surface area contributed by atoms with Crippen LogP contribution >= 0.6 is 15.9 Å². The summed E-state index contributed by atoms with van der Waals surface area (Å²) in [6, 6.07) is 6.12. The molecule has 2 rings (SSSR count).